The summed E-state index contributed by atoms with van der Waals surface area (Å²) in [5.74, 6) is 1.02. The Kier molecular flexibility index (Phi) is 2.15. The third kappa shape index (κ3) is 1.62. The lowest BCUT2D eigenvalue weighted by Gasteiger charge is -2.33. The molecule has 1 spiro atoms. The molecular weight excluding hydrogens is 210 g/mol. The van der Waals surface area contributed by atoms with E-state index in [9.17, 15) is 0 Å². The Hall–Kier alpha value is -0.730. The normalized spacial score (nSPS) is 28.9. The van der Waals surface area contributed by atoms with Gasteiger partial charge in [0.2, 0.25) is 0 Å². The molecule has 0 bridgehead atoms. The molecule has 3 heteroatoms. The first-order chi connectivity index (χ1) is 7.27. The lowest BCUT2D eigenvalue weighted by atomic mass is 9.89. The van der Waals surface area contributed by atoms with Gasteiger partial charge in [0, 0.05) is 18.0 Å². The Morgan fingerprint density at radius 1 is 1.40 bits per heavy atom. The molecule has 0 saturated carbocycles. The fourth-order valence-corrected chi connectivity index (χ4v) is 2.78. The Labute approximate surface area is 94.6 Å². The molecule has 0 aromatic heterocycles. The number of hydrogen-bond donors (Lipinski definition) is 1. The molecule has 0 radical (unpaired) electrons. The second-order valence-electron chi connectivity index (χ2n) is 4.49. The number of rotatable bonds is 0. The summed E-state index contributed by atoms with van der Waals surface area (Å²) in [5.41, 5.74) is 1.26. The van der Waals surface area contributed by atoms with Gasteiger partial charge < -0.3 is 10.1 Å². The fourth-order valence-electron chi connectivity index (χ4n) is 2.58. The molecule has 0 amide bonds. The molecule has 0 aliphatic carbocycles. The van der Waals surface area contributed by atoms with Gasteiger partial charge in [0.25, 0.3) is 0 Å². The van der Waals surface area contributed by atoms with Crippen molar-refractivity contribution in [3.63, 3.8) is 0 Å². The maximum atomic E-state index is 6.07. The molecule has 1 unspecified atom stereocenters. The van der Waals surface area contributed by atoms with E-state index >= 15 is 0 Å². The first-order valence-electron chi connectivity index (χ1n) is 5.46. The van der Waals surface area contributed by atoms with Crippen molar-refractivity contribution in [1.29, 1.82) is 0 Å². The zero-order valence-corrected chi connectivity index (χ0v) is 9.31. The molecule has 1 N–H and O–H groups in total. The Morgan fingerprint density at radius 3 is 3.13 bits per heavy atom. The van der Waals surface area contributed by atoms with E-state index in [2.05, 4.69) is 5.32 Å². The number of ether oxygens (including phenoxy) is 1. The summed E-state index contributed by atoms with van der Waals surface area (Å²) in [6, 6.07) is 5.91. The van der Waals surface area contributed by atoms with Gasteiger partial charge in [-0.2, -0.15) is 0 Å². The zero-order valence-electron chi connectivity index (χ0n) is 8.55. The Bertz CT molecular complexity index is 385. The van der Waals surface area contributed by atoms with Crippen LogP contribution in [0.1, 0.15) is 18.4 Å². The second kappa shape index (κ2) is 3.39. The highest BCUT2D eigenvalue weighted by atomic mass is 35.5. The average Bonchev–Trinajstić information content (AvgIpc) is 2.56. The van der Waals surface area contributed by atoms with Crippen molar-refractivity contribution in [3.8, 4) is 5.75 Å². The lowest BCUT2D eigenvalue weighted by molar-refractivity contribution is 0.0660. The SMILES string of the molecule is Clc1ccc2c(c1)CC1(CCCNC1)O2. The third-order valence-electron chi connectivity index (χ3n) is 3.29. The highest BCUT2D eigenvalue weighted by molar-refractivity contribution is 6.30. The van der Waals surface area contributed by atoms with E-state index in [1.807, 2.05) is 18.2 Å². The number of benzene rings is 1. The van der Waals surface area contributed by atoms with Gasteiger partial charge in [0.1, 0.15) is 11.4 Å². The summed E-state index contributed by atoms with van der Waals surface area (Å²) >= 11 is 5.98. The van der Waals surface area contributed by atoms with Crippen LogP contribution in [0.15, 0.2) is 18.2 Å². The van der Waals surface area contributed by atoms with Crippen LogP contribution in [-0.4, -0.2) is 18.7 Å². The van der Waals surface area contributed by atoms with Crippen molar-refractivity contribution in [3.05, 3.63) is 28.8 Å². The van der Waals surface area contributed by atoms with E-state index in [0.717, 1.165) is 36.7 Å². The molecule has 2 aliphatic rings. The quantitative estimate of drug-likeness (QED) is 0.729. The average molecular weight is 224 g/mol. The molecule has 80 valence electrons. The Morgan fingerprint density at radius 2 is 2.33 bits per heavy atom. The van der Waals surface area contributed by atoms with Crippen molar-refractivity contribution in [2.75, 3.05) is 13.1 Å². The predicted molar refractivity (Wildman–Crippen MR) is 60.6 cm³/mol. The lowest BCUT2D eigenvalue weighted by Crippen LogP contribution is -2.49. The molecule has 2 heterocycles. The first-order valence-corrected chi connectivity index (χ1v) is 5.83. The van der Waals surface area contributed by atoms with Gasteiger partial charge in [0.05, 0.1) is 0 Å². The van der Waals surface area contributed by atoms with Crippen molar-refractivity contribution < 1.29 is 4.74 Å². The topological polar surface area (TPSA) is 21.3 Å². The molecular formula is C12H14ClNO. The number of halogens is 1. The van der Waals surface area contributed by atoms with Crippen molar-refractivity contribution >= 4 is 11.6 Å². The molecule has 3 rings (SSSR count). The summed E-state index contributed by atoms with van der Waals surface area (Å²) in [6.07, 6.45) is 3.34. The molecule has 2 nitrogen and oxygen atoms in total. The smallest absolute Gasteiger partial charge is 0.126 e. The van der Waals surface area contributed by atoms with Crippen LogP contribution in [0.4, 0.5) is 0 Å². The molecule has 1 fully saturated rings. The maximum Gasteiger partial charge on any atom is 0.126 e. The predicted octanol–water partition coefficient (Wildman–Crippen LogP) is 2.40. The minimum Gasteiger partial charge on any atom is -0.485 e. The summed E-state index contributed by atoms with van der Waals surface area (Å²) in [7, 11) is 0. The van der Waals surface area contributed by atoms with Gasteiger partial charge in [-0.25, -0.2) is 0 Å². The standard InChI is InChI=1S/C12H14ClNO/c13-10-2-3-11-9(6-10)7-12(15-11)4-1-5-14-8-12/h2-3,6,14H,1,4-5,7-8H2. The van der Waals surface area contributed by atoms with Gasteiger partial charge in [-0.15, -0.1) is 0 Å². The minimum atomic E-state index is 0.00522. The van der Waals surface area contributed by atoms with Gasteiger partial charge in [-0.3, -0.25) is 0 Å². The van der Waals surface area contributed by atoms with Crippen LogP contribution < -0.4 is 10.1 Å². The molecule has 2 aliphatic heterocycles. The summed E-state index contributed by atoms with van der Waals surface area (Å²) < 4.78 is 6.07. The van der Waals surface area contributed by atoms with Crippen LogP contribution in [0.25, 0.3) is 0 Å². The van der Waals surface area contributed by atoms with Crippen LogP contribution in [-0.2, 0) is 6.42 Å². The van der Waals surface area contributed by atoms with Crippen LogP contribution in [0, 0.1) is 0 Å². The van der Waals surface area contributed by atoms with E-state index in [4.69, 9.17) is 16.3 Å². The minimum absolute atomic E-state index is 0.00522. The molecule has 1 aromatic carbocycles. The van der Waals surface area contributed by atoms with E-state index in [1.54, 1.807) is 0 Å². The van der Waals surface area contributed by atoms with Gasteiger partial charge >= 0.3 is 0 Å². The number of nitrogens with one attached hydrogen (secondary N) is 1. The highest BCUT2D eigenvalue weighted by Gasteiger charge is 2.40. The number of fused-ring (bicyclic) bond motifs is 1. The van der Waals surface area contributed by atoms with E-state index in [0.29, 0.717) is 0 Å². The summed E-state index contributed by atoms with van der Waals surface area (Å²) in [6.45, 7) is 2.07. The summed E-state index contributed by atoms with van der Waals surface area (Å²) in [5, 5.41) is 4.21. The number of hydrogen-bond acceptors (Lipinski definition) is 2. The zero-order chi connectivity index (χ0) is 10.3. The second-order valence-corrected chi connectivity index (χ2v) is 4.93. The largest absolute Gasteiger partial charge is 0.485 e. The van der Waals surface area contributed by atoms with E-state index in [1.165, 1.54) is 12.0 Å². The van der Waals surface area contributed by atoms with Crippen molar-refractivity contribution in [1.82, 2.24) is 5.32 Å². The van der Waals surface area contributed by atoms with Crippen LogP contribution in [0.2, 0.25) is 5.02 Å². The fraction of sp³-hybridized carbons (Fsp3) is 0.500. The molecule has 1 saturated heterocycles. The van der Waals surface area contributed by atoms with Crippen molar-refractivity contribution in [2.24, 2.45) is 0 Å². The Balaban J connectivity index is 1.90. The van der Waals surface area contributed by atoms with Gasteiger partial charge in [-0.1, -0.05) is 11.6 Å². The van der Waals surface area contributed by atoms with Crippen LogP contribution in [0.3, 0.4) is 0 Å². The number of piperidine rings is 1. The molecule has 1 atom stereocenters. The van der Waals surface area contributed by atoms with Gasteiger partial charge in [0.15, 0.2) is 0 Å². The van der Waals surface area contributed by atoms with Crippen LogP contribution >= 0.6 is 11.6 Å². The molecule has 15 heavy (non-hydrogen) atoms. The molecule has 1 aromatic rings. The monoisotopic (exact) mass is 223 g/mol. The highest BCUT2D eigenvalue weighted by Crippen LogP contribution is 2.39. The third-order valence-corrected chi connectivity index (χ3v) is 3.53. The van der Waals surface area contributed by atoms with E-state index < -0.39 is 0 Å². The first kappa shape index (κ1) is 9.49. The van der Waals surface area contributed by atoms with E-state index in [-0.39, 0.29) is 5.60 Å². The van der Waals surface area contributed by atoms with Crippen molar-refractivity contribution in [2.45, 2.75) is 24.9 Å². The maximum absolute atomic E-state index is 6.07. The summed E-state index contributed by atoms with van der Waals surface area (Å²) in [4.78, 5) is 0. The van der Waals surface area contributed by atoms with Crippen LogP contribution in [0.5, 0.6) is 5.75 Å². The van der Waals surface area contributed by atoms with Gasteiger partial charge in [-0.05, 0) is 43.1 Å².